The van der Waals surface area contributed by atoms with Gasteiger partial charge in [-0.3, -0.25) is 9.98 Å². The molecule has 0 amide bonds. The number of aliphatic carboxylic acids is 2. The van der Waals surface area contributed by atoms with E-state index >= 15 is 0 Å². The molecule has 2 atom stereocenters. The van der Waals surface area contributed by atoms with E-state index in [-0.39, 0.29) is 28.9 Å². The van der Waals surface area contributed by atoms with Gasteiger partial charge in [0.2, 0.25) is 0 Å². The van der Waals surface area contributed by atoms with Crippen LogP contribution < -0.4 is 10.2 Å². The fourth-order valence-electron chi connectivity index (χ4n) is 4.32. The van der Waals surface area contributed by atoms with Crippen molar-refractivity contribution in [1.29, 1.82) is 0 Å². The van der Waals surface area contributed by atoms with Gasteiger partial charge in [0.1, 0.15) is 11.5 Å². The number of hydrogen-bond donors (Lipinski definition) is 2. The smallest absolute Gasteiger partial charge is 0.550 e. The molecule has 3 rings (SSSR count). The fourth-order valence-corrected chi connectivity index (χ4v) is 4.32. The molecule has 41 heavy (non-hydrogen) atoms. The van der Waals surface area contributed by atoms with E-state index in [2.05, 4.69) is 27.7 Å². The van der Waals surface area contributed by atoms with Crippen molar-refractivity contribution in [2.45, 2.75) is 105 Å². The molecular weight excluding hydrogens is 567 g/mol. The van der Waals surface area contributed by atoms with E-state index in [1.807, 2.05) is 50.5 Å². The Balaban J connectivity index is 0.00000158. The largest absolute Gasteiger partial charge is 2.00 e. The van der Waals surface area contributed by atoms with Crippen LogP contribution in [0.5, 0.6) is 11.5 Å². The van der Waals surface area contributed by atoms with Crippen LogP contribution in [0, 0.1) is 13.8 Å². The van der Waals surface area contributed by atoms with Crippen molar-refractivity contribution >= 4 is 24.4 Å². The number of carbonyl (C=O) groups excluding carboxylic acids is 2. The van der Waals surface area contributed by atoms with Gasteiger partial charge >= 0.3 is 16.8 Å². The van der Waals surface area contributed by atoms with Crippen LogP contribution in [0.1, 0.15) is 112 Å². The number of carboxylic acid groups (broad SMARTS) is 2. The number of carbonyl (C=O) groups is 2. The summed E-state index contributed by atoms with van der Waals surface area (Å²) in [6, 6.07) is 8.59. The van der Waals surface area contributed by atoms with Crippen molar-refractivity contribution in [3.8, 4) is 11.5 Å². The van der Waals surface area contributed by atoms with Crippen molar-refractivity contribution in [3.05, 3.63) is 57.6 Å². The second-order valence-corrected chi connectivity index (χ2v) is 10.9. The second-order valence-electron chi connectivity index (χ2n) is 10.9. The molecule has 1 radical (unpaired) electrons. The maximum Gasteiger partial charge on any atom is 2.00 e. The molecule has 1 aliphatic carbocycles. The standard InChI is InChI=1S/C28H38N2O2.2C2H4O2.Co/c1-17(2)21-10-19(5)27(31)23(12-21)15-29-25-8-7-9-26(14-25)30-16-24-13-22(18(3)4)11-20(6)28(24)32;2*1-2(3)4;/h10-13,15-18,25-26,31-32H,7-9,14H2,1-6H3;2*1H3,(H,3,4);/q;;;+2/p-2. The van der Waals surface area contributed by atoms with Crippen LogP contribution in [0.3, 0.4) is 0 Å². The molecule has 2 N–H and O–H groups in total. The number of phenols is 2. The number of phenolic OH excluding ortho intramolecular Hbond substituents is 2. The zero-order valence-corrected chi connectivity index (χ0v) is 26.4. The second kappa shape index (κ2) is 18.3. The zero-order valence-electron chi connectivity index (χ0n) is 25.4. The predicted molar refractivity (Wildman–Crippen MR) is 156 cm³/mol. The molecule has 1 fully saturated rings. The summed E-state index contributed by atoms with van der Waals surface area (Å²) < 4.78 is 0. The quantitative estimate of drug-likeness (QED) is 0.466. The number of carboxylic acids is 2. The van der Waals surface area contributed by atoms with Crippen molar-refractivity contribution in [2.75, 3.05) is 0 Å². The molecular formula is C32H44CoN2O6. The van der Waals surface area contributed by atoms with Gasteiger partial charge in [-0.15, -0.1) is 0 Å². The van der Waals surface area contributed by atoms with E-state index < -0.39 is 11.9 Å². The van der Waals surface area contributed by atoms with Gasteiger partial charge in [0.15, 0.2) is 0 Å². The zero-order chi connectivity index (χ0) is 30.6. The minimum absolute atomic E-state index is 0. The molecule has 9 heteroatoms. The maximum atomic E-state index is 10.5. The Labute approximate surface area is 254 Å². The van der Waals surface area contributed by atoms with E-state index in [1.165, 1.54) is 11.1 Å². The fraction of sp³-hybridized carbons (Fsp3) is 0.500. The van der Waals surface area contributed by atoms with Gasteiger partial charge in [-0.1, -0.05) is 39.8 Å². The Morgan fingerprint density at radius 3 is 1.39 bits per heavy atom. The number of benzene rings is 2. The van der Waals surface area contributed by atoms with E-state index in [9.17, 15) is 10.2 Å². The van der Waals surface area contributed by atoms with Gasteiger partial charge in [0.25, 0.3) is 0 Å². The van der Waals surface area contributed by atoms with Crippen molar-refractivity contribution in [3.63, 3.8) is 0 Å². The average Bonchev–Trinajstić information content (AvgIpc) is 2.85. The first kappa shape index (κ1) is 37.8. The molecule has 2 aromatic carbocycles. The molecule has 1 aliphatic rings. The third kappa shape index (κ3) is 13.8. The first-order chi connectivity index (χ1) is 18.6. The third-order valence-electron chi connectivity index (χ3n) is 6.51. The first-order valence-corrected chi connectivity index (χ1v) is 13.7. The monoisotopic (exact) mass is 611 g/mol. The van der Waals surface area contributed by atoms with Crippen LogP contribution in [0.15, 0.2) is 34.3 Å². The SMILES string of the molecule is CC(=O)[O-].CC(=O)[O-].Cc1cc(C(C)C)cc(C=NC2CCCC(N=Cc3cc(C(C)C)cc(C)c3O)C2)c1O.[Co+2]. The van der Waals surface area contributed by atoms with Crippen LogP contribution in [-0.2, 0) is 26.4 Å². The summed E-state index contributed by atoms with van der Waals surface area (Å²) in [5.41, 5.74) is 5.80. The Morgan fingerprint density at radius 2 is 1.10 bits per heavy atom. The number of aryl methyl sites for hydroxylation is 2. The Bertz CT molecular complexity index is 1110. The molecule has 0 aliphatic heterocycles. The summed E-state index contributed by atoms with van der Waals surface area (Å²) in [5, 5.41) is 38.7. The number of aliphatic imine (C=N–C) groups is 2. The maximum absolute atomic E-state index is 10.5. The van der Waals surface area contributed by atoms with Gasteiger partial charge in [-0.2, -0.15) is 0 Å². The normalized spacial score (nSPS) is 16.5. The van der Waals surface area contributed by atoms with Crippen molar-refractivity contribution in [1.82, 2.24) is 0 Å². The van der Waals surface area contributed by atoms with Crippen molar-refractivity contribution < 1.29 is 46.8 Å². The molecule has 227 valence electrons. The Hall–Kier alpha value is -3.17. The Kier molecular flexibility index (Phi) is 16.9. The summed E-state index contributed by atoms with van der Waals surface area (Å²) in [6.45, 7) is 14.5. The van der Waals surface area contributed by atoms with E-state index in [0.717, 1.165) is 61.8 Å². The minimum atomic E-state index is -1.08. The van der Waals surface area contributed by atoms with Crippen LogP contribution in [0.25, 0.3) is 0 Å². The van der Waals surface area contributed by atoms with Crippen LogP contribution >= 0.6 is 0 Å². The molecule has 0 bridgehead atoms. The molecule has 8 nitrogen and oxygen atoms in total. The van der Waals surface area contributed by atoms with Crippen LogP contribution in [0.2, 0.25) is 0 Å². The van der Waals surface area contributed by atoms with Gasteiger partial charge in [-0.05, 0) is 99.6 Å². The van der Waals surface area contributed by atoms with Crippen LogP contribution in [0.4, 0.5) is 0 Å². The molecule has 0 saturated heterocycles. The topological polar surface area (TPSA) is 145 Å². The Morgan fingerprint density at radius 1 is 0.780 bits per heavy atom. The number of rotatable bonds is 6. The minimum Gasteiger partial charge on any atom is -0.550 e. The van der Waals surface area contributed by atoms with Gasteiger partial charge in [0.05, 0.1) is 12.1 Å². The van der Waals surface area contributed by atoms with Gasteiger partial charge in [0, 0.05) is 35.5 Å². The van der Waals surface area contributed by atoms with Gasteiger partial charge in [-0.25, -0.2) is 0 Å². The summed E-state index contributed by atoms with van der Waals surface area (Å²) in [7, 11) is 0. The molecule has 2 unspecified atom stereocenters. The van der Waals surface area contributed by atoms with Crippen molar-refractivity contribution in [2.24, 2.45) is 9.98 Å². The van der Waals surface area contributed by atoms with E-state index in [1.54, 1.807) is 0 Å². The predicted octanol–water partition coefficient (Wildman–Crippen LogP) is 4.32. The number of nitrogens with zero attached hydrogens (tertiary/aromatic N) is 2. The third-order valence-corrected chi connectivity index (χ3v) is 6.51. The van der Waals surface area contributed by atoms with E-state index in [4.69, 9.17) is 29.8 Å². The summed E-state index contributed by atoms with van der Waals surface area (Å²) in [5.74, 6) is -0.716. The van der Waals surface area contributed by atoms with E-state index in [0.29, 0.717) is 23.3 Å². The molecule has 0 spiro atoms. The first-order valence-electron chi connectivity index (χ1n) is 13.7. The molecule has 2 aromatic rings. The summed E-state index contributed by atoms with van der Waals surface area (Å²) in [4.78, 5) is 27.4. The summed E-state index contributed by atoms with van der Waals surface area (Å²) in [6.07, 6.45) is 7.73. The molecule has 1 saturated carbocycles. The molecule has 0 heterocycles. The van der Waals surface area contributed by atoms with Gasteiger partial charge < -0.3 is 30.0 Å². The van der Waals surface area contributed by atoms with Crippen LogP contribution in [-0.4, -0.2) is 46.7 Å². The number of aromatic hydroxyl groups is 2. The average molecular weight is 612 g/mol. The number of hydrogen-bond acceptors (Lipinski definition) is 8. The molecule has 0 aromatic heterocycles. The summed E-state index contributed by atoms with van der Waals surface area (Å²) >= 11 is 0.